The maximum absolute atomic E-state index is 5.94. The molecule has 0 aromatic carbocycles. The average molecular weight is 258 g/mol. The van der Waals surface area contributed by atoms with Crippen molar-refractivity contribution in [1.82, 2.24) is 9.97 Å². The Kier molecular flexibility index (Phi) is 3.89. The highest BCUT2D eigenvalue weighted by atomic mass is 35.5. The molecule has 0 N–H and O–H groups in total. The summed E-state index contributed by atoms with van der Waals surface area (Å²) in [5.41, 5.74) is 0. The predicted molar refractivity (Wildman–Crippen MR) is 66.2 cm³/mol. The number of rotatable bonds is 4. The summed E-state index contributed by atoms with van der Waals surface area (Å²) in [5.74, 6) is 2.23. The van der Waals surface area contributed by atoms with Crippen molar-refractivity contribution in [3.63, 3.8) is 0 Å². The Bertz CT molecular complexity index is 367. The molecule has 17 heavy (non-hydrogen) atoms. The van der Waals surface area contributed by atoms with Crippen LogP contribution >= 0.6 is 11.6 Å². The lowest BCUT2D eigenvalue weighted by Crippen LogP contribution is -2.32. The second-order valence-corrected chi connectivity index (χ2v) is 4.21. The molecule has 0 amide bonds. The van der Waals surface area contributed by atoms with E-state index in [-0.39, 0.29) is 0 Å². The number of hydrogen-bond acceptors (Lipinski definition) is 5. The zero-order valence-electron chi connectivity index (χ0n) is 10.0. The van der Waals surface area contributed by atoms with E-state index in [1.165, 1.54) is 0 Å². The molecule has 1 aliphatic rings. The second kappa shape index (κ2) is 5.40. The first-order chi connectivity index (χ1) is 8.28. The van der Waals surface area contributed by atoms with Gasteiger partial charge in [-0.2, -0.15) is 9.97 Å². The van der Waals surface area contributed by atoms with Crippen LogP contribution in [-0.2, 0) is 0 Å². The third-order valence-corrected chi connectivity index (χ3v) is 3.25. The van der Waals surface area contributed by atoms with Crippen LogP contribution in [0.15, 0.2) is 6.07 Å². The molecule has 6 heteroatoms. The van der Waals surface area contributed by atoms with Crippen molar-refractivity contribution < 1.29 is 9.47 Å². The Morgan fingerprint density at radius 2 is 2.00 bits per heavy atom. The van der Waals surface area contributed by atoms with Gasteiger partial charge in [-0.15, -0.1) is 11.6 Å². The number of aromatic nitrogens is 2. The minimum Gasteiger partial charge on any atom is -0.481 e. The van der Waals surface area contributed by atoms with Crippen LogP contribution < -0.4 is 14.4 Å². The van der Waals surface area contributed by atoms with Crippen LogP contribution in [0.4, 0.5) is 5.95 Å². The van der Waals surface area contributed by atoms with Gasteiger partial charge in [-0.05, 0) is 12.8 Å². The quantitative estimate of drug-likeness (QED) is 0.769. The molecular formula is C11H16ClN3O2. The summed E-state index contributed by atoms with van der Waals surface area (Å²) < 4.78 is 10.3. The molecule has 2 heterocycles. The number of anilines is 1. The zero-order chi connectivity index (χ0) is 12.3. The van der Waals surface area contributed by atoms with E-state index in [2.05, 4.69) is 14.9 Å². The highest BCUT2D eigenvalue weighted by molar-refractivity contribution is 6.18. The van der Waals surface area contributed by atoms with Gasteiger partial charge in [0.15, 0.2) is 0 Å². The monoisotopic (exact) mass is 257 g/mol. The molecule has 1 unspecified atom stereocenters. The fourth-order valence-electron chi connectivity index (χ4n) is 1.99. The van der Waals surface area contributed by atoms with Crippen molar-refractivity contribution in [2.75, 3.05) is 31.5 Å². The minimum atomic E-state index is 0.300. The van der Waals surface area contributed by atoms with E-state index >= 15 is 0 Å². The van der Waals surface area contributed by atoms with Crippen LogP contribution in [0, 0.1) is 0 Å². The summed E-state index contributed by atoms with van der Waals surface area (Å²) in [5, 5.41) is 0. The largest absolute Gasteiger partial charge is 0.481 e. The van der Waals surface area contributed by atoms with E-state index in [1.54, 1.807) is 20.3 Å². The molecule has 0 bridgehead atoms. The number of nitrogens with zero attached hydrogens (tertiary/aromatic N) is 3. The van der Waals surface area contributed by atoms with E-state index < -0.39 is 0 Å². The Balaban J connectivity index is 2.30. The lowest BCUT2D eigenvalue weighted by molar-refractivity contribution is 0.371. The van der Waals surface area contributed by atoms with Gasteiger partial charge >= 0.3 is 0 Å². The third-order valence-electron chi connectivity index (χ3n) is 2.90. The van der Waals surface area contributed by atoms with E-state index in [4.69, 9.17) is 21.1 Å². The maximum atomic E-state index is 5.94. The average Bonchev–Trinajstić information content (AvgIpc) is 2.86. The van der Waals surface area contributed by atoms with Gasteiger partial charge in [-0.3, -0.25) is 0 Å². The van der Waals surface area contributed by atoms with Crippen molar-refractivity contribution >= 4 is 17.5 Å². The predicted octanol–water partition coefficient (Wildman–Crippen LogP) is 1.70. The van der Waals surface area contributed by atoms with Gasteiger partial charge in [0.2, 0.25) is 17.7 Å². The molecule has 1 atom stereocenters. The van der Waals surface area contributed by atoms with Crippen LogP contribution in [-0.4, -0.2) is 42.7 Å². The van der Waals surface area contributed by atoms with Gasteiger partial charge in [-0.1, -0.05) is 0 Å². The molecule has 2 rings (SSSR count). The molecule has 1 saturated heterocycles. The minimum absolute atomic E-state index is 0.300. The molecule has 94 valence electrons. The molecule has 1 aromatic rings. The van der Waals surface area contributed by atoms with Crippen molar-refractivity contribution in [3.8, 4) is 11.8 Å². The van der Waals surface area contributed by atoms with Crippen LogP contribution in [0.3, 0.4) is 0 Å². The van der Waals surface area contributed by atoms with Gasteiger partial charge in [0, 0.05) is 18.5 Å². The van der Waals surface area contributed by atoms with Gasteiger partial charge in [-0.25, -0.2) is 0 Å². The summed E-state index contributed by atoms with van der Waals surface area (Å²) in [6.45, 7) is 0.924. The van der Waals surface area contributed by atoms with Crippen LogP contribution in [0.2, 0.25) is 0 Å². The van der Waals surface area contributed by atoms with Crippen molar-refractivity contribution in [2.24, 2.45) is 0 Å². The fraction of sp³-hybridized carbons (Fsp3) is 0.636. The standard InChI is InChI=1S/C11H16ClN3O2/c1-16-9-6-10(17-2)14-11(13-9)15-5-3-4-8(15)7-12/h6,8H,3-5,7H2,1-2H3. The van der Waals surface area contributed by atoms with E-state index in [9.17, 15) is 0 Å². The summed E-state index contributed by atoms with van der Waals surface area (Å²) in [4.78, 5) is 10.8. The smallest absolute Gasteiger partial charge is 0.232 e. The van der Waals surface area contributed by atoms with Crippen LogP contribution in [0.25, 0.3) is 0 Å². The summed E-state index contributed by atoms with van der Waals surface area (Å²) in [7, 11) is 3.16. The Morgan fingerprint density at radius 1 is 1.35 bits per heavy atom. The normalized spacial score (nSPS) is 19.5. The maximum Gasteiger partial charge on any atom is 0.232 e. The first-order valence-corrected chi connectivity index (χ1v) is 6.11. The Morgan fingerprint density at radius 3 is 2.53 bits per heavy atom. The highest BCUT2D eigenvalue weighted by Crippen LogP contribution is 2.26. The molecule has 0 saturated carbocycles. The molecule has 1 aromatic heterocycles. The lowest BCUT2D eigenvalue weighted by atomic mass is 10.2. The summed E-state index contributed by atoms with van der Waals surface area (Å²) in [6, 6.07) is 1.96. The van der Waals surface area contributed by atoms with Gasteiger partial charge in [0.1, 0.15) is 0 Å². The highest BCUT2D eigenvalue weighted by Gasteiger charge is 2.26. The first kappa shape index (κ1) is 12.2. The Labute approximate surface area is 106 Å². The number of hydrogen-bond donors (Lipinski definition) is 0. The number of halogens is 1. The summed E-state index contributed by atoms with van der Waals surface area (Å²) in [6.07, 6.45) is 2.19. The van der Waals surface area contributed by atoms with Crippen molar-refractivity contribution in [1.29, 1.82) is 0 Å². The second-order valence-electron chi connectivity index (χ2n) is 3.90. The van der Waals surface area contributed by atoms with Crippen molar-refractivity contribution in [2.45, 2.75) is 18.9 Å². The van der Waals surface area contributed by atoms with Gasteiger partial charge in [0.05, 0.1) is 20.3 Å². The molecule has 1 aliphatic heterocycles. The molecule has 0 radical (unpaired) electrons. The number of ether oxygens (including phenoxy) is 2. The van der Waals surface area contributed by atoms with Crippen molar-refractivity contribution in [3.05, 3.63) is 6.07 Å². The van der Waals surface area contributed by atoms with Gasteiger partial charge < -0.3 is 14.4 Å². The Hall–Kier alpha value is -1.23. The summed E-state index contributed by atoms with van der Waals surface area (Å²) >= 11 is 5.94. The van der Waals surface area contributed by atoms with E-state index in [0.29, 0.717) is 29.6 Å². The molecule has 0 aliphatic carbocycles. The molecular weight excluding hydrogens is 242 g/mol. The topological polar surface area (TPSA) is 47.5 Å². The fourth-order valence-corrected chi connectivity index (χ4v) is 2.31. The molecule has 0 spiro atoms. The van der Waals surface area contributed by atoms with Crippen LogP contribution in [0.1, 0.15) is 12.8 Å². The SMILES string of the molecule is COc1cc(OC)nc(N2CCCC2CCl)n1. The number of methoxy groups -OCH3 is 2. The first-order valence-electron chi connectivity index (χ1n) is 5.58. The number of alkyl halides is 1. The van der Waals surface area contributed by atoms with E-state index in [0.717, 1.165) is 19.4 Å². The van der Waals surface area contributed by atoms with Crippen LogP contribution in [0.5, 0.6) is 11.8 Å². The lowest BCUT2D eigenvalue weighted by Gasteiger charge is -2.23. The van der Waals surface area contributed by atoms with E-state index in [1.807, 2.05) is 0 Å². The van der Waals surface area contributed by atoms with Gasteiger partial charge in [0.25, 0.3) is 0 Å². The zero-order valence-corrected chi connectivity index (χ0v) is 10.8. The molecule has 1 fully saturated rings. The third kappa shape index (κ3) is 2.54. The molecule has 5 nitrogen and oxygen atoms in total.